The molecule has 0 saturated carbocycles. The van der Waals surface area contributed by atoms with Crippen molar-refractivity contribution in [3.63, 3.8) is 0 Å². The Bertz CT molecular complexity index is 1140. The minimum absolute atomic E-state index is 0.0903. The van der Waals surface area contributed by atoms with Crippen LogP contribution in [0.15, 0.2) is 51.7 Å². The molecule has 1 N–H and O–H groups in total. The van der Waals surface area contributed by atoms with E-state index in [1.165, 1.54) is 12.1 Å². The summed E-state index contributed by atoms with van der Waals surface area (Å²) in [6.07, 6.45) is 0. The third-order valence-electron chi connectivity index (χ3n) is 3.66. The van der Waals surface area contributed by atoms with E-state index in [0.29, 0.717) is 11.1 Å². The number of halogens is 1. The lowest BCUT2D eigenvalue weighted by molar-refractivity contribution is -0.383. The second kappa shape index (κ2) is 7.92. The highest BCUT2D eigenvalue weighted by Gasteiger charge is 2.18. The van der Waals surface area contributed by atoms with E-state index in [2.05, 4.69) is 5.32 Å². The second-order valence-corrected chi connectivity index (χ2v) is 5.99. The fourth-order valence-corrected chi connectivity index (χ4v) is 2.60. The fourth-order valence-electron chi connectivity index (χ4n) is 2.43. The number of ether oxygens (including phenoxy) is 1. The Balaban J connectivity index is 1.62. The molecule has 0 unspecified atom stereocenters. The van der Waals surface area contributed by atoms with Crippen LogP contribution in [-0.4, -0.2) is 28.0 Å². The van der Waals surface area contributed by atoms with Crippen molar-refractivity contribution in [1.29, 1.82) is 0 Å². The molecule has 3 rings (SSSR count). The molecule has 1 amide bonds. The van der Waals surface area contributed by atoms with E-state index in [-0.39, 0.29) is 10.7 Å². The van der Waals surface area contributed by atoms with Crippen LogP contribution in [0.4, 0.5) is 11.4 Å². The van der Waals surface area contributed by atoms with Gasteiger partial charge in [0.25, 0.3) is 11.6 Å². The van der Waals surface area contributed by atoms with E-state index < -0.39 is 41.4 Å². The third-order valence-corrected chi connectivity index (χ3v) is 3.89. The third kappa shape index (κ3) is 4.18. The molecule has 11 heteroatoms. The van der Waals surface area contributed by atoms with Gasteiger partial charge in [0.05, 0.1) is 10.4 Å². The van der Waals surface area contributed by atoms with Gasteiger partial charge in [-0.3, -0.25) is 24.3 Å². The lowest BCUT2D eigenvalue weighted by Gasteiger charge is -2.07. The summed E-state index contributed by atoms with van der Waals surface area (Å²) in [4.78, 5) is 46.0. The van der Waals surface area contributed by atoms with Gasteiger partial charge >= 0.3 is 11.7 Å². The molecule has 0 aliphatic rings. The Morgan fingerprint density at radius 1 is 1.25 bits per heavy atom. The molecular formula is C17H12ClN3O7. The van der Waals surface area contributed by atoms with Gasteiger partial charge in [-0.2, -0.15) is 0 Å². The number of hydrogen-bond acceptors (Lipinski definition) is 7. The fraction of sp³-hybridized carbons (Fsp3) is 0.118. The van der Waals surface area contributed by atoms with Gasteiger partial charge in [0.15, 0.2) is 12.2 Å². The van der Waals surface area contributed by atoms with E-state index in [9.17, 15) is 24.5 Å². The zero-order valence-corrected chi connectivity index (χ0v) is 14.8. The summed E-state index contributed by atoms with van der Waals surface area (Å²) in [6, 6.07) is 10.2. The van der Waals surface area contributed by atoms with Crippen LogP contribution in [0.1, 0.15) is 0 Å². The predicted octanol–water partition coefficient (Wildman–Crippen LogP) is 2.34. The van der Waals surface area contributed by atoms with Crippen molar-refractivity contribution >= 4 is 46.0 Å². The van der Waals surface area contributed by atoms with Crippen molar-refractivity contribution in [2.24, 2.45) is 0 Å². The van der Waals surface area contributed by atoms with Crippen molar-refractivity contribution in [3.8, 4) is 0 Å². The van der Waals surface area contributed by atoms with Crippen LogP contribution in [0.2, 0.25) is 5.02 Å². The number of rotatable bonds is 6. The number of nitrogens with one attached hydrogen (secondary N) is 1. The second-order valence-electron chi connectivity index (χ2n) is 5.55. The predicted molar refractivity (Wildman–Crippen MR) is 98.2 cm³/mol. The molecule has 0 spiro atoms. The van der Waals surface area contributed by atoms with Gasteiger partial charge in [0, 0.05) is 11.1 Å². The van der Waals surface area contributed by atoms with Crippen LogP contribution in [0.3, 0.4) is 0 Å². The Kier molecular flexibility index (Phi) is 5.41. The van der Waals surface area contributed by atoms with Crippen LogP contribution < -0.4 is 11.1 Å². The van der Waals surface area contributed by atoms with Crippen LogP contribution in [-0.2, 0) is 20.9 Å². The number of hydrogen-bond donors (Lipinski definition) is 1. The molecular weight excluding hydrogens is 394 g/mol. The van der Waals surface area contributed by atoms with Gasteiger partial charge in [-0.05, 0) is 24.3 Å². The molecule has 0 saturated heterocycles. The number of nitro benzene ring substituents is 1. The molecule has 1 aromatic heterocycles. The minimum Gasteiger partial charge on any atom is -0.454 e. The molecule has 0 atom stereocenters. The number of fused-ring (bicyclic) bond motifs is 1. The molecule has 0 radical (unpaired) electrons. The Morgan fingerprint density at radius 3 is 2.75 bits per heavy atom. The number of carbonyl (C=O) groups is 2. The molecule has 144 valence electrons. The SMILES string of the molecule is O=C(COC(=O)Cn1c(=O)oc2ccccc21)Nc1ccc(Cl)cc1[N+](=O)[O-]. The highest BCUT2D eigenvalue weighted by molar-refractivity contribution is 6.31. The number of aromatic nitrogens is 1. The van der Waals surface area contributed by atoms with Crippen molar-refractivity contribution in [2.75, 3.05) is 11.9 Å². The lowest BCUT2D eigenvalue weighted by Crippen LogP contribution is -2.26. The molecule has 0 fully saturated rings. The van der Waals surface area contributed by atoms with Crippen LogP contribution >= 0.6 is 11.6 Å². The van der Waals surface area contributed by atoms with Gasteiger partial charge in [0.1, 0.15) is 12.2 Å². The number of benzene rings is 2. The maximum Gasteiger partial charge on any atom is 0.420 e. The maximum atomic E-state index is 12.0. The zero-order valence-electron chi connectivity index (χ0n) is 14.1. The lowest BCUT2D eigenvalue weighted by atomic mass is 10.2. The van der Waals surface area contributed by atoms with Crippen LogP contribution in [0, 0.1) is 10.1 Å². The zero-order chi connectivity index (χ0) is 20.3. The summed E-state index contributed by atoms with van der Waals surface area (Å²) in [7, 11) is 0. The Morgan fingerprint density at radius 2 is 2.00 bits per heavy atom. The van der Waals surface area contributed by atoms with Gasteiger partial charge in [-0.15, -0.1) is 0 Å². The van der Waals surface area contributed by atoms with E-state index in [4.69, 9.17) is 20.8 Å². The van der Waals surface area contributed by atoms with E-state index in [1.54, 1.807) is 24.3 Å². The van der Waals surface area contributed by atoms with E-state index in [0.717, 1.165) is 10.6 Å². The van der Waals surface area contributed by atoms with Gasteiger partial charge < -0.3 is 14.5 Å². The minimum atomic E-state index is -0.852. The summed E-state index contributed by atoms with van der Waals surface area (Å²) in [5.74, 6) is -2.38. The van der Waals surface area contributed by atoms with Crippen molar-refractivity contribution in [1.82, 2.24) is 4.57 Å². The Labute approximate surface area is 161 Å². The monoisotopic (exact) mass is 405 g/mol. The molecule has 28 heavy (non-hydrogen) atoms. The van der Waals surface area contributed by atoms with Crippen molar-refractivity contribution < 1.29 is 23.7 Å². The molecule has 2 aromatic carbocycles. The first-order valence-corrected chi connectivity index (χ1v) is 8.21. The van der Waals surface area contributed by atoms with Gasteiger partial charge in [0.2, 0.25) is 0 Å². The molecule has 0 bridgehead atoms. The first kappa shape index (κ1) is 19.1. The number of anilines is 1. The number of nitrogens with zero attached hydrogens (tertiary/aromatic N) is 2. The summed E-state index contributed by atoms with van der Waals surface area (Å²) in [6.45, 7) is -1.15. The number of para-hydroxylation sites is 2. The number of oxazole rings is 1. The van der Waals surface area contributed by atoms with E-state index >= 15 is 0 Å². The molecule has 10 nitrogen and oxygen atoms in total. The number of esters is 1. The van der Waals surface area contributed by atoms with E-state index in [1.807, 2.05) is 0 Å². The topological polar surface area (TPSA) is 134 Å². The average Bonchev–Trinajstić information content (AvgIpc) is 2.97. The molecule has 0 aliphatic carbocycles. The summed E-state index contributed by atoms with van der Waals surface area (Å²) >= 11 is 5.70. The summed E-state index contributed by atoms with van der Waals surface area (Å²) in [5, 5.41) is 13.4. The largest absolute Gasteiger partial charge is 0.454 e. The average molecular weight is 406 g/mol. The van der Waals surface area contributed by atoms with Crippen molar-refractivity contribution in [2.45, 2.75) is 6.54 Å². The normalized spacial score (nSPS) is 10.6. The van der Waals surface area contributed by atoms with Crippen LogP contribution in [0.5, 0.6) is 0 Å². The van der Waals surface area contributed by atoms with Gasteiger partial charge in [-0.1, -0.05) is 23.7 Å². The molecule has 1 heterocycles. The number of nitro groups is 1. The number of amides is 1. The van der Waals surface area contributed by atoms with Gasteiger partial charge in [-0.25, -0.2) is 4.79 Å². The molecule has 3 aromatic rings. The standard InChI is InChI=1S/C17H12ClN3O7/c18-10-5-6-11(13(7-10)21(25)26)19-15(22)9-27-16(23)8-20-12-3-1-2-4-14(12)28-17(20)24/h1-7H,8-9H2,(H,19,22). The van der Waals surface area contributed by atoms with Crippen molar-refractivity contribution in [3.05, 3.63) is 68.2 Å². The first-order valence-electron chi connectivity index (χ1n) is 7.83. The van der Waals surface area contributed by atoms with Crippen LogP contribution in [0.25, 0.3) is 11.1 Å². The molecule has 0 aliphatic heterocycles. The Hall–Kier alpha value is -3.66. The quantitative estimate of drug-likeness (QED) is 0.378. The highest BCUT2D eigenvalue weighted by Crippen LogP contribution is 2.27. The summed E-state index contributed by atoms with van der Waals surface area (Å²) in [5.41, 5.74) is 0.231. The summed E-state index contributed by atoms with van der Waals surface area (Å²) < 4.78 is 10.9. The smallest absolute Gasteiger partial charge is 0.420 e. The highest BCUT2D eigenvalue weighted by atomic mass is 35.5. The first-order chi connectivity index (χ1) is 13.3. The maximum absolute atomic E-state index is 12.0. The number of carbonyl (C=O) groups excluding carboxylic acids is 2.